The number of nitrogens with zero attached hydrogens (tertiary/aromatic N) is 1. The second-order valence-corrected chi connectivity index (χ2v) is 4.88. The Morgan fingerprint density at radius 2 is 1.83 bits per heavy atom. The summed E-state index contributed by atoms with van der Waals surface area (Å²) in [7, 11) is 1.56. The predicted octanol–water partition coefficient (Wildman–Crippen LogP) is -0.584. The van der Waals surface area contributed by atoms with Crippen LogP contribution in [0.25, 0.3) is 5.52 Å². The number of rotatable bonds is 4. The van der Waals surface area contributed by atoms with Gasteiger partial charge in [-0.25, -0.2) is 0 Å². The number of hydrogen-bond donors (Lipinski definition) is 0. The van der Waals surface area contributed by atoms with E-state index in [1.165, 1.54) is 0 Å². The van der Waals surface area contributed by atoms with E-state index >= 15 is 0 Å². The molecule has 2 heterocycles. The van der Waals surface area contributed by atoms with Crippen molar-refractivity contribution in [2.75, 3.05) is 7.11 Å². The molecule has 0 atom stereocenters. The number of carbonyl (C=O) groups is 1. The summed E-state index contributed by atoms with van der Waals surface area (Å²) in [5, 5.41) is 11.3. The summed E-state index contributed by atoms with van der Waals surface area (Å²) in [6.07, 6.45) is 1.62. The Morgan fingerprint density at radius 3 is 2.48 bits per heavy atom. The van der Waals surface area contributed by atoms with Gasteiger partial charge < -0.3 is 23.8 Å². The Morgan fingerprint density at radius 1 is 1.13 bits per heavy atom. The van der Waals surface area contributed by atoms with E-state index < -0.39 is 5.97 Å². The van der Waals surface area contributed by atoms with Gasteiger partial charge in [-0.3, -0.25) is 0 Å². The molecule has 0 saturated heterocycles. The van der Waals surface area contributed by atoms with E-state index in [2.05, 4.69) is 0 Å². The number of aromatic carboxylic acids is 1. The summed E-state index contributed by atoms with van der Waals surface area (Å²) in [6.45, 7) is 1.74. The van der Waals surface area contributed by atoms with Crippen LogP contribution in [-0.4, -0.2) is 17.5 Å². The standard InChI is InChI=1S/C17H15NO4.K/c1-11-9-12-7-8-13(10-18(12)16(11)17(19)20)22-15-6-4-3-5-14(15)21-2;/h3-10H,1-2H3,(H,19,20);/q;+1/p-1. The molecule has 0 fully saturated rings. The van der Waals surface area contributed by atoms with Gasteiger partial charge in [0.15, 0.2) is 11.5 Å². The molecule has 0 radical (unpaired) electrons. The van der Waals surface area contributed by atoms with Crippen molar-refractivity contribution in [3.05, 3.63) is 59.9 Å². The number of carbonyl (C=O) groups excluding carboxylic acids is 1. The zero-order valence-corrected chi connectivity index (χ0v) is 16.3. The molecule has 2 aromatic heterocycles. The van der Waals surface area contributed by atoms with Crippen LogP contribution < -0.4 is 66.0 Å². The number of hydrogen-bond acceptors (Lipinski definition) is 4. The molecule has 5 nitrogen and oxygen atoms in total. The van der Waals surface area contributed by atoms with Gasteiger partial charge in [0.1, 0.15) is 5.75 Å². The largest absolute Gasteiger partial charge is 1.00 e. The van der Waals surface area contributed by atoms with Crippen molar-refractivity contribution >= 4 is 11.5 Å². The molecule has 0 unspecified atom stereocenters. The van der Waals surface area contributed by atoms with Gasteiger partial charge in [0.25, 0.3) is 0 Å². The monoisotopic (exact) mass is 335 g/mol. The zero-order chi connectivity index (χ0) is 15.7. The third-order valence-corrected chi connectivity index (χ3v) is 3.42. The van der Waals surface area contributed by atoms with Crippen LogP contribution in [0.3, 0.4) is 0 Å². The fraction of sp³-hybridized carbons (Fsp3) is 0.118. The van der Waals surface area contributed by atoms with E-state index in [1.807, 2.05) is 12.1 Å². The van der Waals surface area contributed by atoms with Gasteiger partial charge in [-0.05, 0) is 42.8 Å². The van der Waals surface area contributed by atoms with Crippen molar-refractivity contribution in [3.63, 3.8) is 0 Å². The van der Waals surface area contributed by atoms with Crippen LogP contribution in [0.4, 0.5) is 0 Å². The minimum Gasteiger partial charge on any atom is -0.543 e. The topological polar surface area (TPSA) is 63.0 Å². The summed E-state index contributed by atoms with van der Waals surface area (Å²) in [5.74, 6) is 0.455. The maximum atomic E-state index is 11.3. The minimum atomic E-state index is -1.22. The van der Waals surface area contributed by atoms with E-state index in [-0.39, 0.29) is 57.1 Å². The third kappa shape index (κ3) is 3.62. The Bertz CT molecular complexity index is 857. The molecule has 112 valence electrons. The van der Waals surface area contributed by atoms with Crippen molar-refractivity contribution in [2.24, 2.45) is 0 Å². The van der Waals surface area contributed by atoms with Gasteiger partial charge in [0, 0.05) is 5.52 Å². The first-order chi connectivity index (χ1) is 10.6. The fourth-order valence-corrected chi connectivity index (χ4v) is 2.43. The average Bonchev–Trinajstić information content (AvgIpc) is 2.83. The summed E-state index contributed by atoms with van der Waals surface area (Å²) in [4.78, 5) is 11.3. The fourth-order valence-electron chi connectivity index (χ4n) is 2.43. The van der Waals surface area contributed by atoms with Crippen LogP contribution >= 0.6 is 0 Å². The molecule has 0 N–H and O–H groups in total. The Hall–Kier alpha value is -1.31. The second-order valence-electron chi connectivity index (χ2n) is 4.88. The molecular weight excluding hydrogens is 321 g/mol. The smallest absolute Gasteiger partial charge is 0.543 e. The van der Waals surface area contributed by atoms with Crippen LogP contribution in [0.2, 0.25) is 0 Å². The molecule has 3 rings (SSSR count). The Labute approximate surface area is 176 Å². The van der Waals surface area contributed by atoms with Crippen LogP contribution in [-0.2, 0) is 0 Å². The minimum absolute atomic E-state index is 0. The Kier molecular flexibility index (Phi) is 5.88. The first-order valence-corrected chi connectivity index (χ1v) is 6.74. The number of aryl methyl sites for hydroxylation is 1. The summed E-state index contributed by atoms with van der Waals surface area (Å²) in [6, 6.07) is 12.6. The summed E-state index contributed by atoms with van der Waals surface area (Å²) < 4.78 is 12.6. The van der Waals surface area contributed by atoms with Crippen molar-refractivity contribution in [1.82, 2.24) is 4.40 Å². The first kappa shape index (κ1) is 18.0. The van der Waals surface area contributed by atoms with E-state index in [0.717, 1.165) is 5.52 Å². The molecule has 0 saturated carbocycles. The number of ether oxygens (including phenoxy) is 2. The van der Waals surface area contributed by atoms with Gasteiger partial charge >= 0.3 is 51.4 Å². The molecule has 0 amide bonds. The van der Waals surface area contributed by atoms with Crippen LogP contribution in [0.15, 0.2) is 48.7 Å². The van der Waals surface area contributed by atoms with Crippen molar-refractivity contribution < 1.29 is 70.8 Å². The van der Waals surface area contributed by atoms with Crippen LogP contribution in [0, 0.1) is 6.92 Å². The number of pyridine rings is 1. The van der Waals surface area contributed by atoms with E-state index in [0.29, 0.717) is 22.8 Å². The predicted molar refractivity (Wildman–Crippen MR) is 79.5 cm³/mol. The number of para-hydroxylation sites is 2. The first-order valence-electron chi connectivity index (χ1n) is 6.74. The summed E-state index contributed by atoms with van der Waals surface area (Å²) in [5.41, 5.74) is 1.54. The maximum absolute atomic E-state index is 11.3. The maximum Gasteiger partial charge on any atom is 1.00 e. The molecule has 6 heteroatoms. The molecule has 0 spiro atoms. The number of fused-ring (bicyclic) bond motifs is 1. The molecule has 3 aromatic rings. The van der Waals surface area contributed by atoms with Crippen molar-refractivity contribution in [2.45, 2.75) is 6.92 Å². The number of methoxy groups -OCH3 is 1. The Balaban J connectivity index is 0.00000192. The molecule has 0 aliphatic carbocycles. The quantitative estimate of drug-likeness (QED) is 0.598. The van der Waals surface area contributed by atoms with Crippen molar-refractivity contribution in [3.8, 4) is 17.2 Å². The van der Waals surface area contributed by atoms with Gasteiger partial charge in [-0.2, -0.15) is 0 Å². The molecule has 0 bridgehead atoms. The van der Waals surface area contributed by atoms with Crippen LogP contribution in [0.5, 0.6) is 17.2 Å². The second kappa shape index (κ2) is 7.50. The van der Waals surface area contributed by atoms with Gasteiger partial charge in [0.2, 0.25) is 0 Å². The average molecular weight is 335 g/mol. The van der Waals surface area contributed by atoms with Crippen LogP contribution in [0.1, 0.15) is 16.1 Å². The van der Waals surface area contributed by atoms with E-state index in [9.17, 15) is 9.90 Å². The molecule has 1 aromatic carbocycles. The number of aromatic nitrogens is 1. The molecule has 0 aliphatic rings. The number of carboxylic acids is 1. The van der Waals surface area contributed by atoms with E-state index in [1.54, 1.807) is 55.0 Å². The van der Waals surface area contributed by atoms with Crippen molar-refractivity contribution in [1.29, 1.82) is 0 Å². The number of benzene rings is 1. The normalized spacial score (nSPS) is 10.2. The molecule has 0 aliphatic heterocycles. The van der Waals surface area contributed by atoms with Gasteiger partial charge in [0.05, 0.1) is 25.0 Å². The third-order valence-electron chi connectivity index (χ3n) is 3.42. The van der Waals surface area contributed by atoms with E-state index in [4.69, 9.17) is 9.47 Å². The van der Waals surface area contributed by atoms with Gasteiger partial charge in [-0.15, -0.1) is 0 Å². The van der Waals surface area contributed by atoms with Gasteiger partial charge in [-0.1, -0.05) is 12.1 Å². The molecule has 23 heavy (non-hydrogen) atoms. The zero-order valence-electron chi connectivity index (χ0n) is 13.2. The SMILES string of the molecule is COc1ccccc1Oc1ccc2cc(C)c(C(=O)[O-])n2c1.[K+]. The summed E-state index contributed by atoms with van der Waals surface area (Å²) >= 11 is 0. The number of carboxylic acid groups (broad SMARTS) is 1. The molecular formula is C17H14KNO4.